The van der Waals surface area contributed by atoms with Gasteiger partial charge in [-0.2, -0.15) is 5.26 Å². The van der Waals surface area contributed by atoms with E-state index in [4.69, 9.17) is 5.26 Å². The summed E-state index contributed by atoms with van der Waals surface area (Å²) >= 11 is 0. The van der Waals surface area contributed by atoms with Gasteiger partial charge in [-0.1, -0.05) is 0 Å². The largest absolute Gasteiger partial charge is 0.466 e. The Bertz CT molecular complexity index is 648. The number of imidazole rings is 1. The highest BCUT2D eigenvalue weighted by Crippen LogP contribution is 2.10. The van der Waals surface area contributed by atoms with Crippen molar-refractivity contribution in [2.24, 2.45) is 0 Å². The van der Waals surface area contributed by atoms with E-state index in [1.807, 2.05) is 12.1 Å². The predicted octanol–water partition coefficient (Wildman–Crippen LogP) is 1.93. The van der Waals surface area contributed by atoms with Crippen LogP contribution in [0.3, 0.4) is 0 Å². The van der Waals surface area contributed by atoms with Crippen LogP contribution < -0.4 is 0 Å². The molecular formula is C14H11N3O2. The van der Waals surface area contributed by atoms with Crippen LogP contribution in [0, 0.1) is 11.3 Å². The van der Waals surface area contributed by atoms with Crippen LogP contribution in [0.4, 0.5) is 0 Å². The summed E-state index contributed by atoms with van der Waals surface area (Å²) < 4.78 is 6.30. The van der Waals surface area contributed by atoms with Gasteiger partial charge in [0, 0.05) is 18.0 Å². The minimum absolute atomic E-state index is 0.423. The van der Waals surface area contributed by atoms with Crippen molar-refractivity contribution in [3.05, 3.63) is 54.1 Å². The van der Waals surface area contributed by atoms with Crippen LogP contribution in [0.25, 0.3) is 11.8 Å². The summed E-state index contributed by atoms with van der Waals surface area (Å²) in [6.07, 6.45) is 6.30. The van der Waals surface area contributed by atoms with Gasteiger partial charge in [-0.15, -0.1) is 0 Å². The Morgan fingerprint density at radius 1 is 1.42 bits per heavy atom. The summed E-state index contributed by atoms with van der Waals surface area (Å²) in [6.45, 7) is 0. The van der Waals surface area contributed by atoms with Gasteiger partial charge in [0.15, 0.2) is 0 Å². The Morgan fingerprint density at radius 2 is 2.16 bits per heavy atom. The number of nitrogens with zero attached hydrogens (tertiary/aromatic N) is 3. The van der Waals surface area contributed by atoms with E-state index in [1.165, 1.54) is 13.2 Å². The fourth-order valence-electron chi connectivity index (χ4n) is 1.49. The molecule has 2 rings (SSSR count). The maximum atomic E-state index is 11.0. The van der Waals surface area contributed by atoms with Crippen LogP contribution in [0.5, 0.6) is 0 Å². The molecule has 0 aliphatic heterocycles. The molecule has 0 spiro atoms. The first-order valence-electron chi connectivity index (χ1n) is 5.53. The molecule has 0 N–H and O–H groups in total. The topological polar surface area (TPSA) is 67.9 Å². The highest BCUT2D eigenvalue weighted by molar-refractivity contribution is 5.86. The molecule has 1 aromatic heterocycles. The van der Waals surface area contributed by atoms with Crippen molar-refractivity contribution in [1.82, 2.24) is 9.55 Å². The lowest BCUT2D eigenvalue weighted by atomic mass is 10.2. The average Bonchev–Trinajstić information content (AvgIpc) is 2.93. The number of carbonyl (C=O) groups is 1. The number of rotatable bonds is 3. The first kappa shape index (κ1) is 12.6. The number of ether oxygens (including phenoxy) is 1. The van der Waals surface area contributed by atoms with Crippen LogP contribution in [0.2, 0.25) is 0 Å². The van der Waals surface area contributed by atoms with Gasteiger partial charge in [0.1, 0.15) is 0 Å². The predicted molar refractivity (Wildman–Crippen MR) is 69.3 cm³/mol. The fourth-order valence-corrected chi connectivity index (χ4v) is 1.49. The van der Waals surface area contributed by atoms with Gasteiger partial charge in [0.25, 0.3) is 0 Å². The number of aromatic nitrogens is 2. The molecule has 0 saturated carbocycles. The number of hydrogen-bond donors (Lipinski definition) is 0. The van der Waals surface area contributed by atoms with Gasteiger partial charge in [-0.3, -0.25) is 0 Å². The molecule has 19 heavy (non-hydrogen) atoms. The zero-order chi connectivity index (χ0) is 13.7. The number of benzene rings is 1. The second-order valence-corrected chi connectivity index (χ2v) is 3.72. The maximum Gasteiger partial charge on any atom is 0.330 e. The number of hydrogen-bond acceptors (Lipinski definition) is 4. The summed E-state index contributed by atoms with van der Waals surface area (Å²) in [5.74, 6) is -0.423. The first-order valence-corrected chi connectivity index (χ1v) is 5.53. The summed E-state index contributed by atoms with van der Waals surface area (Å²) in [5, 5.41) is 8.73. The van der Waals surface area contributed by atoms with Gasteiger partial charge >= 0.3 is 5.97 Å². The third kappa shape index (κ3) is 3.07. The Balaban J connectivity index is 2.18. The van der Waals surface area contributed by atoms with E-state index in [9.17, 15) is 4.79 Å². The highest BCUT2D eigenvalue weighted by atomic mass is 16.5. The lowest BCUT2D eigenvalue weighted by Crippen LogP contribution is -1.93. The SMILES string of the molecule is COC(=O)C=Cc1cn(-c2ccc(C#N)cc2)cn1. The molecule has 0 saturated heterocycles. The highest BCUT2D eigenvalue weighted by Gasteiger charge is 2.00. The molecule has 2 aromatic rings. The molecule has 94 valence electrons. The number of esters is 1. The van der Waals surface area contributed by atoms with Crippen molar-refractivity contribution in [3.8, 4) is 11.8 Å². The second kappa shape index (κ2) is 5.65. The molecule has 0 radical (unpaired) electrons. The molecule has 0 aliphatic carbocycles. The average molecular weight is 253 g/mol. The molecule has 5 heteroatoms. The molecular weight excluding hydrogens is 242 g/mol. The molecule has 0 aliphatic rings. The molecule has 0 fully saturated rings. The van der Waals surface area contributed by atoms with Crippen LogP contribution >= 0.6 is 0 Å². The van der Waals surface area contributed by atoms with Crippen molar-refractivity contribution >= 4 is 12.0 Å². The smallest absolute Gasteiger partial charge is 0.330 e. The second-order valence-electron chi connectivity index (χ2n) is 3.72. The monoisotopic (exact) mass is 253 g/mol. The molecule has 5 nitrogen and oxygen atoms in total. The van der Waals surface area contributed by atoms with Gasteiger partial charge in [0.2, 0.25) is 0 Å². The van der Waals surface area contributed by atoms with Gasteiger partial charge in [0.05, 0.1) is 30.8 Å². The van der Waals surface area contributed by atoms with Gasteiger partial charge < -0.3 is 9.30 Å². The van der Waals surface area contributed by atoms with Crippen LogP contribution in [-0.2, 0) is 9.53 Å². The third-order valence-corrected chi connectivity index (χ3v) is 2.49. The fraction of sp³-hybridized carbons (Fsp3) is 0.0714. The van der Waals surface area contributed by atoms with Crippen LogP contribution in [-0.4, -0.2) is 22.6 Å². The Kier molecular flexibility index (Phi) is 3.74. The number of methoxy groups -OCH3 is 1. The number of nitriles is 1. The van der Waals surface area contributed by atoms with Gasteiger partial charge in [-0.05, 0) is 30.3 Å². The maximum absolute atomic E-state index is 11.0. The molecule has 1 aromatic carbocycles. The molecule has 1 heterocycles. The van der Waals surface area contributed by atoms with Crippen molar-refractivity contribution < 1.29 is 9.53 Å². The quantitative estimate of drug-likeness (QED) is 0.619. The van der Waals surface area contributed by atoms with Crippen molar-refractivity contribution in [2.45, 2.75) is 0 Å². The summed E-state index contributed by atoms with van der Waals surface area (Å²) in [7, 11) is 1.32. The van der Waals surface area contributed by atoms with E-state index in [0.29, 0.717) is 11.3 Å². The number of carbonyl (C=O) groups excluding carboxylic acids is 1. The minimum atomic E-state index is -0.423. The Hall–Kier alpha value is -2.87. The van der Waals surface area contributed by atoms with E-state index in [0.717, 1.165) is 5.69 Å². The van der Waals surface area contributed by atoms with Crippen molar-refractivity contribution in [3.63, 3.8) is 0 Å². The lowest BCUT2D eigenvalue weighted by molar-refractivity contribution is -0.134. The van der Waals surface area contributed by atoms with Gasteiger partial charge in [-0.25, -0.2) is 9.78 Å². The van der Waals surface area contributed by atoms with E-state index in [-0.39, 0.29) is 0 Å². The van der Waals surface area contributed by atoms with E-state index in [2.05, 4.69) is 15.8 Å². The van der Waals surface area contributed by atoms with Crippen LogP contribution in [0.15, 0.2) is 42.9 Å². The minimum Gasteiger partial charge on any atom is -0.466 e. The normalized spacial score (nSPS) is 10.3. The Labute approximate surface area is 110 Å². The van der Waals surface area contributed by atoms with E-state index >= 15 is 0 Å². The first-order chi connectivity index (χ1) is 9.22. The molecule has 0 atom stereocenters. The van der Waals surface area contributed by atoms with Crippen molar-refractivity contribution in [1.29, 1.82) is 5.26 Å². The Morgan fingerprint density at radius 3 is 2.79 bits per heavy atom. The molecule has 0 amide bonds. The zero-order valence-corrected chi connectivity index (χ0v) is 10.3. The van der Waals surface area contributed by atoms with E-state index in [1.54, 1.807) is 35.3 Å². The standard InChI is InChI=1S/C14H11N3O2/c1-19-14(18)7-4-12-9-17(10-16-12)13-5-2-11(8-15)3-6-13/h2-7,9-10H,1H3. The third-order valence-electron chi connectivity index (χ3n) is 2.49. The molecule has 0 unspecified atom stereocenters. The lowest BCUT2D eigenvalue weighted by Gasteiger charge is -2.00. The molecule has 0 bridgehead atoms. The van der Waals surface area contributed by atoms with Crippen molar-refractivity contribution in [2.75, 3.05) is 7.11 Å². The summed E-state index contributed by atoms with van der Waals surface area (Å²) in [4.78, 5) is 15.1. The van der Waals surface area contributed by atoms with Crippen LogP contribution in [0.1, 0.15) is 11.3 Å². The van der Waals surface area contributed by atoms with E-state index < -0.39 is 5.97 Å². The zero-order valence-electron chi connectivity index (χ0n) is 10.3. The summed E-state index contributed by atoms with van der Waals surface area (Å²) in [5.41, 5.74) is 2.15. The summed E-state index contributed by atoms with van der Waals surface area (Å²) in [6, 6.07) is 9.19.